The molecule has 0 amide bonds. The molecule has 11 heteroatoms. The van der Waals surface area contributed by atoms with Crippen molar-refractivity contribution in [1.29, 1.82) is 0 Å². The molecule has 3 heterocycles. The first-order valence-corrected chi connectivity index (χ1v) is 12.3. The van der Waals surface area contributed by atoms with Crippen LogP contribution < -0.4 is 16.0 Å². The molecule has 0 aliphatic carbocycles. The molecule has 0 unspecified atom stereocenters. The molecule has 2 aliphatic rings. The highest BCUT2D eigenvalue weighted by Crippen LogP contribution is 2.04. The molecule has 10 nitrogen and oxygen atoms in total. The van der Waals surface area contributed by atoms with Crippen molar-refractivity contribution in [3.05, 3.63) is 17.5 Å². The number of hydrogen-bond donors (Lipinski definition) is 3. The number of anilines is 1. The standard InChI is InChI=1S/C22H38N8O2S/c1-18-17-19(2)26-21(25-18)27-20(23-5-3-7-29-9-13-31-14-10-29)28-22(33)24-6-4-8-30-11-15-32-16-12-30/h17H,3-16H2,1-2H3,(H3,23,24,25,26,27,28,33). The van der Waals surface area contributed by atoms with Gasteiger partial charge in [0.1, 0.15) is 0 Å². The Balaban J connectivity index is 1.47. The lowest BCUT2D eigenvalue weighted by Crippen LogP contribution is -2.44. The van der Waals surface area contributed by atoms with Crippen molar-refractivity contribution in [2.45, 2.75) is 26.7 Å². The summed E-state index contributed by atoms with van der Waals surface area (Å²) >= 11 is 5.51. The van der Waals surface area contributed by atoms with Gasteiger partial charge in [-0.15, -0.1) is 0 Å². The fourth-order valence-corrected chi connectivity index (χ4v) is 3.99. The Hall–Kier alpha value is -1.92. The molecule has 0 spiro atoms. The average Bonchev–Trinajstić information content (AvgIpc) is 2.80. The number of morpholine rings is 2. The lowest BCUT2D eigenvalue weighted by atomic mass is 10.3. The lowest BCUT2D eigenvalue weighted by Gasteiger charge is -2.26. The molecular weight excluding hydrogens is 440 g/mol. The molecule has 2 fully saturated rings. The van der Waals surface area contributed by atoms with E-state index in [1.807, 2.05) is 19.9 Å². The van der Waals surface area contributed by atoms with Gasteiger partial charge in [-0.25, -0.2) is 9.97 Å². The number of ether oxygens (including phenoxy) is 2. The average molecular weight is 479 g/mol. The minimum absolute atomic E-state index is 0.516. The van der Waals surface area contributed by atoms with Gasteiger partial charge in [0.15, 0.2) is 5.11 Å². The van der Waals surface area contributed by atoms with Gasteiger partial charge in [-0.1, -0.05) is 0 Å². The molecule has 3 rings (SSSR count). The molecule has 1 aromatic rings. The highest BCUT2D eigenvalue weighted by Gasteiger charge is 2.11. The van der Waals surface area contributed by atoms with E-state index in [0.717, 1.165) is 96.5 Å². The van der Waals surface area contributed by atoms with Gasteiger partial charge < -0.3 is 20.1 Å². The molecule has 2 aliphatic heterocycles. The Kier molecular flexibility index (Phi) is 11.2. The van der Waals surface area contributed by atoms with Crippen LogP contribution in [0.3, 0.4) is 0 Å². The Morgan fingerprint density at radius 2 is 1.55 bits per heavy atom. The molecule has 0 radical (unpaired) electrons. The van der Waals surface area contributed by atoms with E-state index in [1.54, 1.807) is 0 Å². The van der Waals surface area contributed by atoms with Gasteiger partial charge in [-0.3, -0.25) is 20.1 Å². The predicted octanol–water partition coefficient (Wildman–Crippen LogP) is 0.770. The minimum atomic E-state index is 0.516. The van der Waals surface area contributed by atoms with Crippen LogP contribution >= 0.6 is 12.2 Å². The van der Waals surface area contributed by atoms with E-state index in [-0.39, 0.29) is 0 Å². The molecule has 33 heavy (non-hydrogen) atoms. The first-order valence-electron chi connectivity index (χ1n) is 11.9. The number of aryl methyl sites for hydroxylation is 2. The van der Waals surface area contributed by atoms with Gasteiger partial charge in [0, 0.05) is 57.2 Å². The van der Waals surface area contributed by atoms with Crippen molar-refractivity contribution in [1.82, 2.24) is 30.4 Å². The summed E-state index contributed by atoms with van der Waals surface area (Å²) in [5, 5.41) is 10.2. The van der Waals surface area contributed by atoms with E-state index in [0.29, 0.717) is 23.6 Å². The minimum Gasteiger partial charge on any atom is -0.379 e. The Bertz CT molecular complexity index is 747. The van der Waals surface area contributed by atoms with Crippen LogP contribution in [0.25, 0.3) is 0 Å². The highest BCUT2D eigenvalue weighted by atomic mass is 32.1. The zero-order chi connectivity index (χ0) is 23.3. The zero-order valence-electron chi connectivity index (χ0n) is 19.9. The number of nitrogens with zero attached hydrogens (tertiary/aromatic N) is 5. The number of aromatic nitrogens is 2. The van der Waals surface area contributed by atoms with Gasteiger partial charge >= 0.3 is 0 Å². The van der Waals surface area contributed by atoms with Crippen molar-refractivity contribution >= 4 is 29.2 Å². The van der Waals surface area contributed by atoms with Crippen LogP contribution in [0.5, 0.6) is 0 Å². The summed E-state index contributed by atoms with van der Waals surface area (Å²) in [6.45, 7) is 14.7. The van der Waals surface area contributed by atoms with Crippen LogP contribution in [0.1, 0.15) is 24.2 Å². The molecular formula is C22H38N8O2S. The van der Waals surface area contributed by atoms with Crippen LogP contribution in [-0.2, 0) is 9.47 Å². The smallest absolute Gasteiger partial charge is 0.229 e. The third kappa shape index (κ3) is 10.3. The molecule has 184 valence electrons. The summed E-state index contributed by atoms with van der Waals surface area (Å²) in [6, 6.07) is 1.94. The largest absolute Gasteiger partial charge is 0.379 e. The predicted molar refractivity (Wildman–Crippen MR) is 135 cm³/mol. The second-order valence-corrected chi connectivity index (χ2v) is 8.73. The normalized spacial score (nSPS) is 18.2. The molecule has 3 N–H and O–H groups in total. The number of guanidine groups is 1. The van der Waals surface area contributed by atoms with Gasteiger partial charge in [0.25, 0.3) is 0 Å². The Morgan fingerprint density at radius 1 is 0.970 bits per heavy atom. The van der Waals surface area contributed by atoms with Crippen LogP contribution in [-0.4, -0.2) is 110 Å². The molecule has 0 atom stereocenters. The van der Waals surface area contributed by atoms with Crippen LogP contribution in [0.4, 0.5) is 5.95 Å². The summed E-state index contributed by atoms with van der Waals surface area (Å²) in [5.74, 6) is 1.08. The third-order valence-electron chi connectivity index (χ3n) is 5.49. The Labute approximate surface area is 202 Å². The number of aliphatic imine (C=N–C) groups is 1. The van der Waals surface area contributed by atoms with Crippen LogP contribution in [0.2, 0.25) is 0 Å². The summed E-state index contributed by atoms with van der Waals surface area (Å²) in [5.41, 5.74) is 1.81. The van der Waals surface area contributed by atoms with Crippen molar-refractivity contribution in [3.8, 4) is 0 Å². The first-order chi connectivity index (χ1) is 16.1. The van der Waals surface area contributed by atoms with Gasteiger partial charge in [0.05, 0.1) is 26.4 Å². The van der Waals surface area contributed by atoms with E-state index < -0.39 is 0 Å². The third-order valence-corrected chi connectivity index (χ3v) is 5.74. The second-order valence-electron chi connectivity index (χ2n) is 8.33. The van der Waals surface area contributed by atoms with Crippen LogP contribution in [0, 0.1) is 13.8 Å². The quantitative estimate of drug-likeness (QED) is 0.204. The van der Waals surface area contributed by atoms with Crippen molar-refractivity contribution in [2.75, 3.05) is 84.1 Å². The summed E-state index contributed by atoms with van der Waals surface area (Å²) in [4.78, 5) is 18.5. The van der Waals surface area contributed by atoms with E-state index in [1.165, 1.54) is 0 Å². The number of thiocarbonyl (C=S) groups is 1. The van der Waals surface area contributed by atoms with Gasteiger partial charge in [-0.05, 0) is 51.5 Å². The van der Waals surface area contributed by atoms with E-state index in [9.17, 15) is 0 Å². The molecule has 0 aromatic carbocycles. The summed E-state index contributed by atoms with van der Waals surface area (Å²) in [6.07, 6.45) is 1.97. The summed E-state index contributed by atoms with van der Waals surface area (Å²) in [7, 11) is 0. The van der Waals surface area contributed by atoms with Crippen molar-refractivity contribution in [3.63, 3.8) is 0 Å². The second kappa shape index (κ2) is 14.4. The zero-order valence-corrected chi connectivity index (χ0v) is 20.8. The maximum Gasteiger partial charge on any atom is 0.229 e. The van der Waals surface area contributed by atoms with Crippen molar-refractivity contribution < 1.29 is 9.47 Å². The first kappa shape index (κ1) is 25.7. The number of hydrogen-bond acceptors (Lipinski definition) is 8. The molecule has 1 aromatic heterocycles. The van der Waals surface area contributed by atoms with E-state index in [4.69, 9.17) is 26.7 Å². The maximum atomic E-state index is 5.51. The maximum absolute atomic E-state index is 5.51. The van der Waals surface area contributed by atoms with E-state index >= 15 is 0 Å². The number of rotatable bonds is 9. The lowest BCUT2D eigenvalue weighted by molar-refractivity contribution is 0.0376. The molecule has 2 saturated heterocycles. The SMILES string of the molecule is Cc1cc(C)nc(NC(=NCCCN2CCOCC2)NC(=S)NCCCN2CCOCC2)n1. The molecule has 0 saturated carbocycles. The fourth-order valence-electron chi connectivity index (χ4n) is 3.79. The number of nitrogens with one attached hydrogen (secondary N) is 3. The highest BCUT2D eigenvalue weighted by molar-refractivity contribution is 7.80. The van der Waals surface area contributed by atoms with Gasteiger partial charge in [0.2, 0.25) is 11.9 Å². The van der Waals surface area contributed by atoms with Gasteiger partial charge in [-0.2, -0.15) is 0 Å². The Morgan fingerprint density at radius 3 is 2.15 bits per heavy atom. The van der Waals surface area contributed by atoms with Crippen molar-refractivity contribution in [2.24, 2.45) is 4.99 Å². The summed E-state index contributed by atoms with van der Waals surface area (Å²) < 4.78 is 10.8. The monoisotopic (exact) mass is 478 g/mol. The van der Waals surface area contributed by atoms with Crippen LogP contribution in [0.15, 0.2) is 11.1 Å². The molecule has 0 bridgehead atoms. The van der Waals surface area contributed by atoms with E-state index in [2.05, 4.69) is 35.7 Å². The topological polar surface area (TPSA) is 99.2 Å². The fraction of sp³-hybridized carbons (Fsp3) is 0.727.